The summed E-state index contributed by atoms with van der Waals surface area (Å²) in [6.45, 7) is 0. The summed E-state index contributed by atoms with van der Waals surface area (Å²) in [4.78, 5) is 0. The van der Waals surface area contributed by atoms with Crippen LogP contribution in [0.5, 0.6) is 0 Å². The van der Waals surface area contributed by atoms with Crippen molar-refractivity contribution in [2.24, 2.45) is 17.3 Å². The molecule has 6 atom stereocenters. The zero-order valence-electron chi connectivity index (χ0n) is 7.35. The Balaban J connectivity index is 1.97. The zero-order chi connectivity index (χ0) is 9.55. The molecule has 0 N–H and O–H groups in total. The predicted octanol–water partition coefficient (Wildman–Crippen LogP) is 1.36. The molecule has 1 saturated heterocycles. The van der Waals surface area contributed by atoms with Crippen molar-refractivity contribution in [1.29, 1.82) is 5.26 Å². The fourth-order valence-corrected chi connectivity index (χ4v) is 3.59. The van der Waals surface area contributed by atoms with Gasteiger partial charge in [-0.25, -0.2) is 4.39 Å². The third kappa shape index (κ3) is 0.425. The van der Waals surface area contributed by atoms with Gasteiger partial charge in [-0.15, -0.1) is 0 Å². The minimum atomic E-state index is -1.41. The van der Waals surface area contributed by atoms with Gasteiger partial charge in [-0.1, -0.05) is 18.2 Å². The first kappa shape index (κ1) is 7.19. The molecule has 0 aromatic rings. The number of ether oxygens (including phenoxy) is 1. The van der Waals surface area contributed by atoms with Gasteiger partial charge in [0.25, 0.3) is 0 Å². The Labute approximate surface area is 80.7 Å². The van der Waals surface area contributed by atoms with Crippen molar-refractivity contribution in [1.82, 2.24) is 0 Å². The van der Waals surface area contributed by atoms with E-state index < -0.39 is 11.1 Å². The van der Waals surface area contributed by atoms with E-state index in [9.17, 15) is 9.65 Å². The monoisotopic (exact) mass is 189 g/mol. The van der Waals surface area contributed by atoms with Crippen LogP contribution in [0.2, 0.25) is 0 Å². The van der Waals surface area contributed by atoms with E-state index in [4.69, 9.17) is 4.74 Å². The lowest BCUT2D eigenvalue weighted by molar-refractivity contribution is -0.0252. The lowest BCUT2D eigenvalue weighted by atomic mass is 9.84. The van der Waals surface area contributed by atoms with Crippen molar-refractivity contribution in [2.45, 2.75) is 17.9 Å². The van der Waals surface area contributed by atoms with Crippen molar-refractivity contribution in [3.63, 3.8) is 0 Å². The minimum absolute atomic E-state index is 0.0718. The molecular formula is C11H8FNO. The molecule has 1 saturated carbocycles. The Morgan fingerprint density at radius 2 is 2.07 bits per heavy atom. The van der Waals surface area contributed by atoms with E-state index in [0.717, 1.165) is 0 Å². The fraction of sp³-hybridized carbons (Fsp3) is 0.545. The standard InChI is InChI=1S/C11H8FNO/c12-11-4-3-6-7-1-2-8(14-7)9(11)10(6,11)5-13/h1-4,6-9H/t6?,7-,8+,9?,10+,11?/m1/s1. The number of nitriles is 1. The molecule has 0 spiro atoms. The number of hydrogen-bond acceptors (Lipinski definition) is 2. The average Bonchev–Trinajstić information content (AvgIpc) is 2.56. The van der Waals surface area contributed by atoms with Crippen LogP contribution in [-0.4, -0.2) is 17.9 Å². The Kier molecular flexibility index (Phi) is 0.863. The van der Waals surface area contributed by atoms with Gasteiger partial charge in [0.15, 0.2) is 5.67 Å². The summed E-state index contributed by atoms with van der Waals surface area (Å²) in [5, 5.41) is 9.19. The maximum atomic E-state index is 14.3. The second kappa shape index (κ2) is 1.68. The second-order valence-electron chi connectivity index (χ2n) is 4.56. The van der Waals surface area contributed by atoms with E-state index >= 15 is 0 Å². The molecule has 0 aromatic heterocycles. The highest BCUT2D eigenvalue weighted by Crippen LogP contribution is 2.78. The quantitative estimate of drug-likeness (QED) is 0.539. The van der Waals surface area contributed by atoms with Crippen molar-refractivity contribution in [3.8, 4) is 6.07 Å². The SMILES string of the molecule is N#C[C@@]12C3C=CC1(F)C2[C@@H]1C=C[C@H]3O1. The molecule has 3 unspecified atom stereocenters. The number of alkyl halides is 1. The van der Waals surface area contributed by atoms with E-state index in [1.54, 1.807) is 6.08 Å². The van der Waals surface area contributed by atoms with Gasteiger partial charge < -0.3 is 4.74 Å². The number of rotatable bonds is 0. The van der Waals surface area contributed by atoms with Gasteiger partial charge in [-0.05, 0) is 6.08 Å². The van der Waals surface area contributed by atoms with Crippen LogP contribution in [0.15, 0.2) is 24.3 Å². The molecule has 70 valence electrons. The van der Waals surface area contributed by atoms with Crippen LogP contribution < -0.4 is 0 Å². The van der Waals surface area contributed by atoms with Crippen LogP contribution in [0.4, 0.5) is 4.39 Å². The Morgan fingerprint density at radius 1 is 1.29 bits per heavy atom. The van der Waals surface area contributed by atoms with Crippen LogP contribution in [0.1, 0.15) is 0 Å². The van der Waals surface area contributed by atoms with Gasteiger partial charge in [0.2, 0.25) is 0 Å². The molecule has 2 heterocycles. The van der Waals surface area contributed by atoms with Crippen molar-refractivity contribution in [3.05, 3.63) is 24.3 Å². The van der Waals surface area contributed by atoms with E-state index in [2.05, 4.69) is 6.07 Å². The van der Waals surface area contributed by atoms with Gasteiger partial charge in [0.1, 0.15) is 5.41 Å². The summed E-state index contributed by atoms with van der Waals surface area (Å²) in [6.07, 6.45) is 7.03. The van der Waals surface area contributed by atoms with E-state index in [1.807, 2.05) is 18.2 Å². The van der Waals surface area contributed by atoms with Crippen LogP contribution in [-0.2, 0) is 4.74 Å². The molecule has 2 bridgehead atoms. The van der Waals surface area contributed by atoms with Crippen molar-refractivity contribution < 1.29 is 9.13 Å². The van der Waals surface area contributed by atoms with E-state index in [-0.39, 0.29) is 24.0 Å². The topological polar surface area (TPSA) is 33.0 Å². The molecule has 0 aromatic carbocycles. The normalized spacial score (nSPS) is 65.1. The number of nitrogens with zero attached hydrogens (tertiary/aromatic N) is 1. The molecule has 0 amide bonds. The number of fused-ring (bicyclic) bond motifs is 5. The number of hydrogen-bond donors (Lipinski definition) is 0. The highest BCUT2D eigenvalue weighted by Gasteiger charge is 2.88. The summed E-state index contributed by atoms with van der Waals surface area (Å²) in [7, 11) is 0. The smallest absolute Gasteiger partial charge is 0.156 e. The molecule has 4 rings (SSSR count). The third-order valence-electron chi connectivity index (χ3n) is 4.24. The molecule has 4 aliphatic rings. The van der Waals surface area contributed by atoms with E-state index in [1.165, 1.54) is 0 Å². The zero-order valence-corrected chi connectivity index (χ0v) is 7.35. The summed E-state index contributed by atoms with van der Waals surface area (Å²) in [5.74, 6) is -0.331. The Bertz CT molecular complexity index is 437. The first-order chi connectivity index (χ1) is 6.74. The third-order valence-corrected chi connectivity index (χ3v) is 4.24. The van der Waals surface area contributed by atoms with Crippen molar-refractivity contribution >= 4 is 0 Å². The van der Waals surface area contributed by atoms with Gasteiger partial charge in [-0.3, -0.25) is 0 Å². The first-order valence-corrected chi connectivity index (χ1v) is 4.87. The molecule has 2 aliphatic heterocycles. The summed E-state index contributed by atoms with van der Waals surface area (Å²) in [5.41, 5.74) is -2.21. The summed E-state index contributed by atoms with van der Waals surface area (Å²) in [6, 6.07) is 2.20. The molecule has 2 nitrogen and oxygen atoms in total. The molecular weight excluding hydrogens is 181 g/mol. The lowest BCUT2D eigenvalue weighted by Crippen LogP contribution is -2.35. The number of allylic oxidation sites excluding steroid dienone is 1. The predicted molar refractivity (Wildman–Crippen MR) is 45.8 cm³/mol. The van der Waals surface area contributed by atoms with Crippen LogP contribution in [0.3, 0.4) is 0 Å². The molecule has 0 radical (unpaired) electrons. The van der Waals surface area contributed by atoms with Crippen LogP contribution >= 0.6 is 0 Å². The van der Waals surface area contributed by atoms with E-state index in [0.29, 0.717) is 0 Å². The van der Waals surface area contributed by atoms with Gasteiger partial charge in [0.05, 0.1) is 24.2 Å². The van der Waals surface area contributed by atoms with Gasteiger partial charge >= 0.3 is 0 Å². The average molecular weight is 189 g/mol. The van der Waals surface area contributed by atoms with Crippen LogP contribution in [0.25, 0.3) is 0 Å². The van der Waals surface area contributed by atoms with Crippen LogP contribution in [0, 0.1) is 28.6 Å². The maximum absolute atomic E-state index is 14.3. The molecule has 14 heavy (non-hydrogen) atoms. The molecule has 2 aliphatic carbocycles. The largest absolute Gasteiger partial charge is 0.366 e. The minimum Gasteiger partial charge on any atom is -0.366 e. The summed E-state index contributed by atoms with van der Waals surface area (Å²) < 4.78 is 20.0. The second-order valence-corrected chi connectivity index (χ2v) is 4.56. The fourth-order valence-electron chi connectivity index (χ4n) is 3.59. The Morgan fingerprint density at radius 3 is 2.86 bits per heavy atom. The van der Waals surface area contributed by atoms with Crippen molar-refractivity contribution in [2.75, 3.05) is 0 Å². The molecule has 2 fully saturated rings. The molecule has 3 heteroatoms. The first-order valence-electron chi connectivity index (χ1n) is 4.87. The summed E-state index contributed by atoms with van der Waals surface area (Å²) >= 11 is 0. The highest BCUT2D eigenvalue weighted by atomic mass is 19.1. The van der Waals surface area contributed by atoms with Gasteiger partial charge in [-0.2, -0.15) is 5.26 Å². The lowest BCUT2D eigenvalue weighted by Gasteiger charge is -2.29. The van der Waals surface area contributed by atoms with Gasteiger partial charge in [0, 0.05) is 5.92 Å². The highest BCUT2D eigenvalue weighted by molar-refractivity contribution is 5.52. The maximum Gasteiger partial charge on any atom is 0.156 e. The Hall–Kier alpha value is -1.14. The number of halogens is 1.